The minimum atomic E-state index is -0.550. The number of nitrogens with one attached hydrogen (secondary N) is 1. The molecule has 0 aliphatic carbocycles. The molecule has 2 unspecified atom stereocenters. The number of anilines is 2. The molecule has 0 spiro atoms. The third-order valence-electron chi connectivity index (χ3n) is 4.35. The van der Waals surface area contributed by atoms with Gasteiger partial charge in [-0.15, -0.1) is 4.99 Å². The summed E-state index contributed by atoms with van der Waals surface area (Å²) in [6, 6.07) is 10.3. The van der Waals surface area contributed by atoms with Gasteiger partial charge in [0.15, 0.2) is 0 Å². The van der Waals surface area contributed by atoms with Gasteiger partial charge in [-0.3, -0.25) is 14.7 Å². The molecule has 1 N–H and O–H groups in total. The number of amidine groups is 1. The van der Waals surface area contributed by atoms with E-state index in [1.807, 2.05) is 32.0 Å². The van der Waals surface area contributed by atoms with Crippen molar-refractivity contribution in [3.8, 4) is 11.9 Å². The van der Waals surface area contributed by atoms with E-state index in [4.69, 9.17) is 4.74 Å². The molecular formula is C19H19N5O2. The molecule has 7 heteroatoms. The molecule has 2 aromatic rings. The first-order valence-electron chi connectivity index (χ1n) is 8.39. The topological polar surface area (TPSA) is 90.6 Å². The maximum Gasteiger partial charge on any atom is 0.313 e. The van der Waals surface area contributed by atoms with E-state index in [0.717, 1.165) is 6.42 Å². The van der Waals surface area contributed by atoms with Crippen molar-refractivity contribution in [1.82, 2.24) is 4.98 Å². The number of nitrogens with zero attached hydrogens (tertiary/aromatic N) is 4. The molecule has 0 bridgehead atoms. The lowest BCUT2D eigenvalue weighted by Gasteiger charge is -2.39. The van der Waals surface area contributed by atoms with E-state index in [-0.39, 0.29) is 17.8 Å². The number of benzene rings is 1. The molecule has 0 fully saturated rings. The van der Waals surface area contributed by atoms with Crippen LogP contribution in [0.1, 0.15) is 20.3 Å². The molecule has 0 radical (unpaired) electrons. The largest absolute Gasteiger partial charge is 0.425 e. The van der Waals surface area contributed by atoms with E-state index < -0.39 is 6.04 Å². The first kappa shape index (κ1) is 17.4. The van der Waals surface area contributed by atoms with Gasteiger partial charge in [0.05, 0.1) is 17.6 Å². The molecule has 1 aromatic heterocycles. The smallest absolute Gasteiger partial charge is 0.313 e. The van der Waals surface area contributed by atoms with Crippen molar-refractivity contribution in [3.63, 3.8) is 0 Å². The van der Waals surface area contributed by atoms with Crippen LogP contribution in [0.5, 0.6) is 5.75 Å². The summed E-state index contributed by atoms with van der Waals surface area (Å²) in [5, 5.41) is 12.1. The normalized spacial score (nSPS) is 17.7. The summed E-state index contributed by atoms with van der Waals surface area (Å²) >= 11 is 0. The van der Waals surface area contributed by atoms with Crippen molar-refractivity contribution in [3.05, 3.63) is 48.8 Å². The van der Waals surface area contributed by atoms with Crippen LogP contribution in [0.15, 0.2) is 53.8 Å². The fraction of sp³-hybridized carbons (Fsp3) is 0.263. The molecule has 2 heterocycles. The zero-order valence-corrected chi connectivity index (χ0v) is 14.6. The number of aliphatic imine (C=N–C) groups is 1. The van der Waals surface area contributed by atoms with Crippen molar-refractivity contribution in [2.75, 3.05) is 10.2 Å². The van der Waals surface area contributed by atoms with Gasteiger partial charge >= 0.3 is 6.02 Å². The lowest BCUT2D eigenvalue weighted by atomic mass is 9.94. The summed E-state index contributed by atoms with van der Waals surface area (Å²) in [7, 11) is 0. The van der Waals surface area contributed by atoms with Crippen LogP contribution in [0.3, 0.4) is 0 Å². The average molecular weight is 349 g/mol. The predicted octanol–water partition coefficient (Wildman–Crippen LogP) is 3.17. The Balaban J connectivity index is 2.10. The van der Waals surface area contributed by atoms with Crippen LogP contribution in [0, 0.1) is 17.4 Å². The van der Waals surface area contributed by atoms with Crippen molar-refractivity contribution >= 4 is 23.3 Å². The lowest BCUT2D eigenvalue weighted by molar-refractivity contribution is -0.118. The second kappa shape index (κ2) is 7.66. The predicted molar refractivity (Wildman–Crippen MR) is 98.7 cm³/mol. The van der Waals surface area contributed by atoms with Crippen LogP contribution >= 0.6 is 0 Å². The van der Waals surface area contributed by atoms with Gasteiger partial charge in [0.2, 0.25) is 12.1 Å². The molecule has 26 heavy (non-hydrogen) atoms. The van der Waals surface area contributed by atoms with E-state index in [1.54, 1.807) is 41.7 Å². The Bertz CT molecular complexity index is 860. The van der Waals surface area contributed by atoms with Crippen LogP contribution in [-0.2, 0) is 4.79 Å². The quantitative estimate of drug-likeness (QED) is 0.522. The van der Waals surface area contributed by atoms with Gasteiger partial charge in [-0.2, -0.15) is 5.26 Å². The Labute approximate surface area is 151 Å². The molecule has 2 atom stereocenters. The van der Waals surface area contributed by atoms with Crippen LogP contribution in [0.4, 0.5) is 11.4 Å². The summed E-state index contributed by atoms with van der Waals surface area (Å²) < 4.78 is 5.88. The van der Waals surface area contributed by atoms with Crippen LogP contribution in [-0.4, -0.2) is 23.0 Å². The van der Waals surface area contributed by atoms with Gasteiger partial charge in [0.25, 0.3) is 0 Å². The third kappa shape index (κ3) is 3.35. The highest BCUT2D eigenvalue weighted by atomic mass is 16.5. The number of pyridine rings is 1. The number of ether oxygens (including phenoxy) is 1. The Kier molecular flexibility index (Phi) is 5.13. The Morgan fingerprint density at radius 1 is 1.42 bits per heavy atom. The molecule has 0 saturated heterocycles. The van der Waals surface area contributed by atoms with E-state index in [2.05, 4.69) is 15.3 Å². The van der Waals surface area contributed by atoms with E-state index in [1.165, 1.54) is 0 Å². The highest BCUT2D eigenvalue weighted by Gasteiger charge is 2.40. The second-order valence-electron chi connectivity index (χ2n) is 5.99. The Morgan fingerprint density at radius 3 is 2.88 bits per heavy atom. The minimum Gasteiger partial charge on any atom is -0.425 e. The number of para-hydroxylation sites is 1. The number of fused-ring (bicyclic) bond motifs is 1. The van der Waals surface area contributed by atoms with Gasteiger partial charge in [0.1, 0.15) is 11.8 Å². The number of hydrogen-bond donors (Lipinski definition) is 1. The molecule has 1 aromatic carbocycles. The summed E-state index contributed by atoms with van der Waals surface area (Å²) in [5.74, 6) is 0.368. The lowest BCUT2D eigenvalue weighted by Crippen LogP contribution is -2.55. The van der Waals surface area contributed by atoms with Crippen molar-refractivity contribution in [2.24, 2.45) is 10.9 Å². The van der Waals surface area contributed by atoms with Gasteiger partial charge < -0.3 is 10.1 Å². The molecular weight excluding hydrogens is 330 g/mol. The summed E-state index contributed by atoms with van der Waals surface area (Å²) in [5.41, 5.74) is 1.24. The first-order chi connectivity index (χ1) is 12.7. The molecule has 7 nitrogen and oxygen atoms in total. The zero-order chi connectivity index (χ0) is 18.5. The monoisotopic (exact) mass is 349 g/mol. The van der Waals surface area contributed by atoms with Crippen molar-refractivity contribution in [1.29, 1.82) is 5.26 Å². The van der Waals surface area contributed by atoms with Crippen LogP contribution < -0.4 is 15.0 Å². The van der Waals surface area contributed by atoms with Gasteiger partial charge in [-0.25, -0.2) is 0 Å². The van der Waals surface area contributed by atoms with E-state index in [0.29, 0.717) is 17.1 Å². The van der Waals surface area contributed by atoms with Crippen LogP contribution in [0.25, 0.3) is 0 Å². The number of carbonyl (C=O) groups excluding carboxylic acids is 1. The van der Waals surface area contributed by atoms with Gasteiger partial charge in [-0.05, 0) is 24.1 Å². The number of aromatic nitrogens is 1. The fourth-order valence-corrected chi connectivity index (χ4v) is 2.89. The summed E-state index contributed by atoms with van der Waals surface area (Å²) in [4.78, 5) is 22.4. The summed E-state index contributed by atoms with van der Waals surface area (Å²) in [6.45, 7) is 3.99. The van der Waals surface area contributed by atoms with Crippen molar-refractivity contribution < 1.29 is 9.53 Å². The maximum absolute atomic E-state index is 12.8. The standard InChI is InChI=1S/C19H19N5O2/c1-3-13(2)17-18(25)23-15-11-21-10-9-16(15)24(17)19(22-12-20)26-14-7-5-4-6-8-14/h4-11,13,17H,3H2,1-2H3,(H,23,25). The highest BCUT2D eigenvalue weighted by Crippen LogP contribution is 2.35. The van der Waals surface area contributed by atoms with E-state index in [9.17, 15) is 10.1 Å². The maximum atomic E-state index is 12.8. The number of hydrogen-bond acceptors (Lipinski definition) is 5. The highest BCUT2D eigenvalue weighted by molar-refractivity contribution is 6.12. The Hall–Kier alpha value is -3.40. The molecule has 0 saturated carbocycles. The fourth-order valence-electron chi connectivity index (χ4n) is 2.89. The number of rotatable bonds is 3. The molecule has 3 rings (SSSR count). The Morgan fingerprint density at radius 2 is 2.19 bits per heavy atom. The van der Waals surface area contributed by atoms with Crippen molar-refractivity contribution in [2.45, 2.75) is 26.3 Å². The average Bonchev–Trinajstić information content (AvgIpc) is 2.67. The number of carbonyl (C=O) groups is 1. The van der Waals surface area contributed by atoms with Gasteiger partial charge in [0, 0.05) is 6.20 Å². The molecule has 132 valence electrons. The van der Waals surface area contributed by atoms with Crippen LogP contribution in [0.2, 0.25) is 0 Å². The first-order valence-corrected chi connectivity index (χ1v) is 8.39. The third-order valence-corrected chi connectivity index (χ3v) is 4.35. The molecule has 1 amide bonds. The SMILES string of the molecule is CCC(C)C1C(=O)Nc2cnccc2N1C(=NC#N)Oc1ccccc1. The minimum absolute atomic E-state index is 0.0135. The van der Waals surface area contributed by atoms with Gasteiger partial charge in [-0.1, -0.05) is 38.5 Å². The summed E-state index contributed by atoms with van der Waals surface area (Å²) in [6.07, 6.45) is 5.76. The second-order valence-corrected chi connectivity index (χ2v) is 5.99. The molecule has 1 aliphatic heterocycles. The number of amides is 1. The molecule has 1 aliphatic rings. The zero-order valence-electron chi connectivity index (χ0n) is 14.6. The van der Waals surface area contributed by atoms with E-state index >= 15 is 0 Å². The number of nitriles is 1.